The van der Waals surface area contributed by atoms with Gasteiger partial charge in [-0.05, 0) is 36.4 Å². The molecule has 0 saturated carbocycles. The van der Waals surface area contributed by atoms with E-state index < -0.39 is 36.5 Å². The van der Waals surface area contributed by atoms with Crippen LogP contribution >= 0.6 is 0 Å². The smallest absolute Gasteiger partial charge is 0.379 e. The third-order valence-electron chi connectivity index (χ3n) is 5.32. The second kappa shape index (κ2) is 9.72. The summed E-state index contributed by atoms with van der Waals surface area (Å²) in [5.41, 5.74) is 2.73. The van der Waals surface area contributed by atoms with Gasteiger partial charge in [0.1, 0.15) is 5.82 Å². The third kappa shape index (κ3) is 5.77. The van der Waals surface area contributed by atoms with Crippen molar-refractivity contribution in [1.82, 2.24) is 14.7 Å². The van der Waals surface area contributed by atoms with E-state index in [2.05, 4.69) is 5.10 Å². The molecule has 0 radical (unpaired) electrons. The Kier molecular flexibility index (Phi) is 7.19. The molecule has 0 saturated heterocycles. The number of benzene rings is 2. The molecule has 3 N–H and O–H groups in total. The lowest BCUT2D eigenvalue weighted by Crippen LogP contribution is -2.55. The number of carbonyl (C=O) groups excluding carboxylic acids is 1. The van der Waals surface area contributed by atoms with Crippen molar-refractivity contribution in [2.24, 2.45) is 5.73 Å². The predicted molar refractivity (Wildman–Crippen MR) is 114 cm³/mol. The van der Waals surface area contributed by atoms with Gasteiger partial charge in [0.15, 0.2) is 5.60 Å². The normalized spacial score (nSPS) is 13.8. The number of aliphatic hydroxyl groups is 1. The number of amides is 1. The summed E-state index contributed by atoms with van der Waals surface area (Å²) in [6.07, 6.45) is -4.82. The third-order valence-corrected chi connectivity index (χ3v) is 5.32. The molecule has 1 aromatic heterocycles. The van der Waals surface area contributed by atoms with E-state index in [4.69, 9.17) is 5.73 Å². The van der Waals surface area contributed by atoms with Gasteiger partial charge < -0.3 is 10.8 Å². The van der Waals surface area contributed by atoms with Gasteiger partial charge in [-0.3, -0.25) is 9.69 Å². The lowest BCUT2D eigenvalue weighted by atomic mass is 9.94. The van der Waals surface area contributed by atoms with Crippen LogP contribution in [0.2, 0.25) is 0 Å². The number of rotatable bonds is 9. The van der Waals surface area contributed by atoms with Crippen molar-refractivity contribution in [3.05, 3.63) is 83.4 Å². The van der Waals surface area contributed by atoms with Gasteiger partial charge in [0, 0.05) is 25.7 Å². The van der Waals surface area contributed by atoms with Gasteiger partial charge in [0.2, 0.25) is 0 Å². The van der Waals surface area contributed by atoms with E-state index in [1.807, 2.05) is 0 Å². The molecule has 0 spiro atoms. The Morgan fingerprint density at radius 2 is 1.76 bits per heavy atom. The molecule has 1 unspecified atom stereocenters. The first-order chi connectivity index (χ1) is 15.5. The van der Waals surface area contributed by atoms with Gasteiger partial charge >= 0.3 is 6.18 Å². The van der Waals surface area contributed by atoms with Gasteiger partial charge in [0.25, 0.3) is 5.91 Å². The number of hydrogen-bond donors (Lipinski definition) is 2. The second-order valence-corrected chi connectivity index (χ2v) is 7.77. The molecule has 0 aliphatic rings. The van der Waals surface area contributed by atoms with Crippen LogP contribution in [0.5, 0.6) is 0 Å². The van der Waals surface area contributed by atoms with E-state index in [9.17, 15) is 27.5 Å². The zero-order valence-corrected chi connectivity index (χ0v) is 17.9. The molecule has 0 fully saturated rings. The molecule has 1 amide bonds. The first-order valence-corrected chi connectivity index (χ1v) is 10.2. The van der Waals surface area contributed by atoms with E-state index in [-0.39, 0.29) is 24.3 Å². The average molecular weight is 464 g/mol. The maximum absolute atomic E-state index is 14.1. The Balaban J connectivity index is 1.93. The molecule has 0 aliphatic carbocycles. The Labute approximate surface area is 188 Å². The van der Waals surface area contributed by atoms with E-state index in [0.717, 1.165) is 22.4 Å². The molecule has 3 aromatic rings. The minimum Gasteiger partial charge on any atom is -0.379 e. The summed E-state index contributed by atoms with van der Waals surface area (Å²) in [6, 6.07) is 13.9. The monoisotopic (exact) mass is 464 g/mol. The van der Waals surface area contributed by atoms with Crippen LogP contribution in [0.25, 0.3) is 5.69 Å². The zero-order chi connectivity index (χ0) is 24.2. The van der Waals surface area contributed by atoms with Crippen molar-refractivity contribution in [2.45, 2.75) is 31.7 Å². The highest BCUT2D eigenvalue weighted by molar-refractivity contribution is 5.93. The summed E-state index contributed by atoms with van der Waals surface area (Å²) < 4.78 is 56.5. The van der Waals surface area contributed by atoms with Gasteiger partial charge in [-0.1, -0.05) is 37.3 Å². The van der Waals surface area contributed by atoms with Crippen LogP contribution in [-0.4, -0.2) is 50.6 Å². The first-order valence-electron chi connectivity index (χ1n) is 10.2. The lowest BCUT2D eigenvalue weighted by molar-refractivity contribution is -0.265. The Morgan fingerprint density at radius 1 is 1.12 bits per heavy atom. The molecule has 1 heterocycles. The summed E-state index contributed by atoms with van der Waals surface area (Å²) in [5, 5.41) is 14.8. The van der Waals surface area contributed by atoms with Crippen LogP contribution in [-0.2, 0) is 13.0 Å². The van der Waals surface area contributed by atoms with Crippen LogP contribution in [0.3, 0.4) is 0 Å². The molecular formula is C23H24F4N4O2. The predicted octanol–water partition coefficient (Wildman–Crippen LogP) is 3.47. The molecule has 6 nitrogen and oxygen atoms in total. The number of halogens is 4. The summed E-state index contributed by atoms with van der Waals surface area (Å²) in [5.74, 6) is -1.50. The van der Waals surface area contributed by atoms with Crippen LogP contribution in [0.15, 0.2) is 60.8 Å². The van der Waals surface area contributed by atoms with Crippen molar-refractivity contribution in [3.63, 3.8) is 0 Å². The minimum absolute atomic E-state index is 0.197. The van der Waals surface area contributed by atoms with Gasteiger partial charge in [0.05, 0.1) is 16.9 Å². The van der Waals surface area contributed by atoms with E-state index in [0.29, 0.717) is 5.69 Å². The number of nitrogens with two attached hydrogens (primary N) is 1. The standard InChI is InChI=1S/C23H24F4N4O2/c1-2-30(13-16-6-4-3-5-7-16)15-22(33,23(25,26)27)12-20-19(21(28)32)14-31(29-20)18-10-8-17(24)9-11-18/h3-11,14,33H,2,12-13,15H2,1H3,(H2,28,32). The molecule has 33 heavy (non-hydrogen) atoms. The fraction of sp³-hybridized carbons (Fsp3) is 0.304. The second-order valence-electron chi connectivity index (χ2n) is 7.77. The zero-order valence-electron chi connectivity index (χ0n) is 17.9. The van der Waals surface area contributed by atoms with E-state index >= 15 is 0 Å². The number of hydrogen-bond acceptors (Lipinski definition) is 4. The summed E-state index contributed by atoms with van der Waals surface area (Å²) >= 11 is 0. The van der Waals surface area contributed by atoms with Gasteiger partial charge in [-0.15, -0.1) is 0 Å². The van der Waals surface area contributed by atoms with Crippen LogP contribution < -0.4 is 5.73 Å². The molecule has 3 rings (SSSR count). The van der Waals surface area contributed by atoms with Crippen LogP contribution in [0.4, 0.5) is 17.6 Å². The van der Waals surface area contributed by atoms with Crippen molar-refractivity contribution >= 4 is 5.91 Å². The summed E-state index contributed by atoms with van der Waals surface area (Å²) in [7, 11) is 0. The van der Waals surface area contributed by atoms with Crippen LogP contribution in [0, 0.1) is 5.82 Å². The topological polar surface area (TPSA) is 84.4 Å². The number of likely N-dealkylation sites (N-methyl/N-ethyl adjacent to an activating group) is 1. The molecule has 2 aromatic carbocycles. The first kappa shape index (κ1) is 24.4. The quantitative estimate of drug-likeness (QED) is 0.475. The van der Waals surface area contributed by atoms with Crippen LogP contribution in [0.1, 0.15) is 28.5 Å². The largest absolute Gasteiger partial charge is 0.418 e. The highest BCUT2D eigenvalue weighted by Crippen LogP contribution is 2.35. The fourth-order valence-corrected chi connectivity index (χ4v) is 3.49. The number of carbonyl (C=O) groups is 1. The minimum atomic E-state index is -5.01. The Bertz CT molecular complexity index is 1080. The highest BCUT2D eigenvalue weighted by atomic mass is 19.4. The van der Waals surface area contributed by atoms with Crippen molar-refractivity contribution in [3.8, 4) is 5.69 Å². The summed E-state index contributed by atoms with van der Waals surface area (Å²) in [6.45, 7) is 1.41. The molecular weight excluding hydrogens is 440 g/mol. The molecule has 10 heteroatoms. The van der Waals surface area contributed by atoms with Gasteiger partial charge in [-0.2, -0.15) is 18.3 Å². The highest BCUT2D eigenvalue weighted by Gasteiger charge is 2.55. The molecule has 1 atom stereocenters. The molecule has 0 bridgehead atoms. The SMILES string of the molecule is CCN(Cc1ccccc1)CC(O)(Cc1nn(-c2ccc(F)cc2)cc1C(N)=O)C(F)(F)F. The number of alkyl halides is 3. The lowest BCUT2D eigenvalue weighted by Gasteiger charge is -2.35. The number of primary amides is 1. The van der Waals surface area contributed by atoms with Crippen molar-refractivity contribution in [2.75, 3.05) is 13.1 Å². The number of nitrogens with zero attached hydrogens (tertiary/aromatic N) is 3. The van der Waals surface area contributed by atoms with Gasteiger partial charge in [-0.25, -0.2) is 9.07 Å². The maximum Gasteiger partial charge on any atom is 0.418 e. The molecule has 176 valence electrons. The Morgan fingerprint density at radius 3 is 2.30 bits per heavy atom. The molecule has 0 aliphatic heterocycles. The maximum atomic E-state index is 14.1. The summed E-state index contributed by atoms with van der Waals surface area (Å²) in [4.78, 5) is 13.4. The number of aromatic nitrogens is 2. The van der Waals surface area contributed by atoms with E-state index in [1.54, 1.807) is 37.3 Å². The fourth-order valence-electron chi connectivity index (χ4n) is 3.49. The average Bonchev–Trinajstić information content (AvgIpc) is 3.17. The van der Waals surface area contributed by atoms with E-state index in [1.165, 1.54) is 23.2 Å². The van der Waals surface area contributed by atoms with Crippen molar-refractivity contribution in [1.29, 1.82) is 0 Å². The van der Waals surface area contributed by atoms with Crippen molar-refractivity contribution < 1.29 is 27.5 Å². The Hall–Kier alpha value is -3.24.